The standard InChI is InChI=1S/C22H27N3O2/c1-18-16-21(27-15-14-26)6-7-22(18)25-12-10-24(11-13-25)9-8-19-2-4-20(17-23)5-3-19/h2-7,16,26H,8-15H2,1H3. The number of rotatable bonds is 7. The van der Waals surface area contributed by atoms with Crippen molar-refractivity contribution in [3.8, 4) is 11.8 Å². The maximum Gasteiger partial charge on any atom is 0.119 e. The van der Waals surface area contributed by atoms with Crippen LogP contribution in [0.5, 0.6) is 5.75 Å². The van der Waals surface area contributed by atoms with Crippen LogP contribution in [0.4, 0.5) is 5.69 Å². The second-order valence-electron chi connectivity index (χ2n) is 6.91. The first-order valence-corrected chi connectivity index (χ1v) is 9.50. The molecule has 2 aromatic rings. The molecule has 0 bridgehead atoms. The van der Waals surface area contributed by atoms with E-state index in [1.54, 1.807) is 0 Å². The van der Waals surface area contributed by atoms with Gasteiger partial charge in [0.15, 0.2) is 0 Å². The van der Waals surface area contributed by atoms with Gasteiger partial charge in [-0.1, -0.05) is 12.1 Å². The molecule has 1 saturated heterocycles. The summed E-state index contributed by atoms with van der Waals surface area (Å²) in [5, 5.41) is 17.7. The Morgan fingerprint density at radius 2 is 1.81 bits per heavy atom. The third kappa shape index (κ3) is 5.22. The van der Waals surface area contributed by atoms with Gasteiger partial charge >= 0.3 is 0 Å². The van der Waals surface area contributed by atoms with Crippen molar-refractivity contribution in [2.75, 3.05) is 50.8 Å². The zero-order valence-electron chi connectivity index (χ0n) is 15.9. The van der Waals surface area contributed by atoms with Gasteiger partial charge in [0, 0.05) is 38.4 Å². The number of anilines is 1. The van der Waals surface area contributed by atoms with Gasteiger partial charge in [0.25, 0.3) is 0 Å². The van der Waals surface area contributed by atoms with Crippen molar-refractivity contribution >= 4 is 5.69 Å². The molecule has 5 nitrogen and oxygen atoms in total. The molecule has 0 radical (unpaired) electrons. The van der Waals surface area contributed by atoms with E-state index in [0.717, 1.165) is 50.5 Å². The average molecular weight is 365 g/mol. The van der Waals surface area contributed by atoms with Crippen molar-refractivity contribution in [1.82, 2.24) is 4.90 Å². The first-order valence-electron chi connectivity index (χ1n) is 9.50. The molecule has 0 atom stereocenters. The Morgan fingerprint density at radius 1 is 1.07 bits per heavy atom. The summed E-state index contributed by atoms with van der Waals surface area (Å²) in [5.74, 6) is 0.811. The number of hydrogen-bond donors (Lipinski definition) is 1. The van der Waals surface area contributed by atoms with Crippen LogP contribution in [0.1, 0.15) is 16.7 Å². The molecule has 2 aromatic carbocycles. The Bertz CT molecular complexity index is 775. The van der Waals surface area contributed by atoms with Crippen LogP contribution in [0.2, 0.25) is 0 Å². The number of hydrogen-bond acceptors (Lipinski definition) is 5. The summed E-state index contributed by atoms with van der Waals surface area (Å²) in [5.41, 5.74) is 4.47. The average Bonchev–Trinajstić information content (AvgIpc) is 2.71. The molecule has 1 N–H and O–H groups in total. The van der Waals surface area contributed by atoms with E-state index in [4.69, 9.17) is 15.1 Å². The number of ether oxygens (including phenoxy) is 1. The highest BCUT2D eigenvalue weighted by atomic mass is 16.5. The highest BCUT2D eigenvalue weighted by molar-refractivity contribution is 5.56. The number of piperazine rings is 1. The van der Waals surface area contributed by atoms with Gasteiger partial charge in [0.2, 0.25) is 0 Å². The molecule has 0 spiro atoms. The molecule has 3 rings (SSSR count). The van der Waals surface area contributed by atoms with Crippen LogP contribution in [0.25, 0.3) is 0 Å². The van der Waals surface area contributed by atoms with Crippen LogP contribution in [0.3, 0.4) is 0 Å². The second kappa shape index (κ2) is 9.40. The molecule has 0 aromatic heterocycles. The highest BCUT2D eigenvalue weighted by Crippen LogP contribution is 2.26. The number of nitriles is 1. The molecule has 0 aliphatic carbocycles. The monoisotopic (exact) mass is 365 g/mol. The fraction of sp³-hybridized carbons (Fsp3) is 0.409. The Labute approximate surface area is 161 Å². The lowest BCUT2D eigenvalue weighted by atomic mass is 10.1. The third-order valence-electron chi connectivity index (χ3n) is 5.04. The van der Waals surface area contributed by atoms with Gasteiger partial charge in [-0.25, -0.2) is 0 Å². The van der Waals surface area contributed by atoms with Gasteiger partial charge < -0.3 is 14.7 Å². The Morgan fingerprint density at radius 3 is 2.44 bits per heavy atom. The first-order chi connectivity index (χ1) is 13.2. The van der Waals surface area contributed by atoms with E-state index in [-0.39, 0.29) is 6.61 Å². The minimum Gasteiger partial charge on any atom is -0.491 e. The van der Waals surface area contributed by atoms with E-state index < -0.39 is 0 Å². The number of aliphatic hydroxyl groups is 1. The fourth-order valence-corrected chi connectivity index (χ4v) is 3.48. The van der Waals surface area contributed by atoms with Gasteiger partial charge in [0.1, 0.15) is 12.4 Å². The van der Waals surface area contributed by atoms with Crippen LogP contribution in [-0.4, -0.2) is 55.9 Å². The van der Waals surface area contributed by atoms with Gasteiger partial charge in [-0.05, 0) is 54.8 Å². The number of nitrogens with zero attached hydrogens (tertiary/aromatic N) is 3. The molecule has 0 amide bonds. The van der Waals surface area contributed by atoms with E-state index in [0.29, 0.717) is 6.61 Å². The van der Waals surface area contributed by atoms with Crippen molar-refractivity contribution in [3.05, 3.63) is 59.2 Å². The number of benzene rings is 2. The van der Waals surface area contributed by atoms with Crippen LogP contribution >= 0.6 is 0 Å². The topological polar surface area (TPSA) is 59.7 Å². The minimum absolute atomic E-state index is 0.0330. The second-order valence-corrected chi connectivity index (χ2v) is 6.91. The Balaban J connectivity index is 1.49. The largest absolute Gasteiger partial charge is 0.491 e. The van der Waals surface area contributed by atoms with E-state index in [1.165, 1.54) is 16.8 Å². The van der Waals surface area contributed by atoms with Crippen LogP contribution in [0.15, 0.2) is 42.5 Å². The highest BCUT2D eigenvalue weighted by Gasteiger charge is 2.18. The maximum absolute atomic E-state index is 8.87. The van der Waals surface area contributed by atoms with Gasteiger partial charge in [-0.15, -0.1) is 0 Å². The van der Waals surface area contributed by atoms with Gasteiger partial charge in [-0.3, -0.25) is 4.90 Å². The van der Waals surface area contributed by atoms with Gasteiger partial charge in [0.05, 0.1) is 18.2 Å². The Hall–Kier alpha value is -2.55. The maximum atomic E-state index is 8.87. The van der Waals surface area contributed by atoms with Crippen LogP contribution < -0.4 is 9.64 Å². The zero-order chi connectivity index (χ0) is 19.1. The molecule has 1 heterocycles. The zero-order valence-corrected chi connectivity index (χ0v) is 15.9. The van der Waals surface area contributed by atoms with E-state index in [1.807, 2.05) is 24.3 Å². The molecule has 5 heteroatoms. The number of aliphatic hydroxyl groups excluding tert-OH is 1. The van der Waals surface area contributed by atoms with Gasteiger partial charge in [-0.2, -0.15) is 5.26 Å². The van der Waals surface area contributed by atoms with Crippen molar-refractivity contribution in [3.63, 3.8) is 0 Å². The predicted molar refractivity (Wildman–Crippen MR) is 107 cm³/mol. The van der Waals surface area contributed by atoms with Crippen molar-refractivity contribution in [2.45, 2.75) is 13.3 Å². The summed E-state index contributed by atoms with van der Waals surface area (Å²) in [6, 6.07) is 16.2. The summed E-state index contributed by atoms with van der Waals surface area (Å²) >= 11 is 0. The fourth-order valence-electron chi connectivity index (χ4n) is 3.48. The molecular formula is C22H27N3O2. The molecule has 1 aliphatic rings. The minimum atomic E-state index is 0.0330. The van der Waals surface area contributed by atoms with E-state index in [2.05, 4.69) is 41.0 Å². The summed E-state index contributed by atoms with van der Waals surface area (Å²) in [4.78, 5) is 4.94. The molecule has 142 valence electrons. The lowest BCUT2D eigenvalue weighted by molar-refractivity contribution is 0.201. The van der Waals surface area contributed by atoms with Crippen molar-refractivity contribution in [2.24, 2.45) is 0 Å². The number of aryl methyl sites for hydroxylation is 1. The van der Waals surface area contributed by atoms with Crippen molar-refractivity contribution < 1.29 is 9.84 Å². The SMILES string of the molecule is Cc1cc(OCCO)ccc1N1CCN(CCc2ccc(C#N)cc2)CC1. The Kier molecular flexibility index (Phi) is 6.69. The summed E-state index contributed by atoms with van der Waals surface area (Å²) in [6.45, 7) is 7.67. The smallest absolute Gasteiger partial charge is 0.119 e. The van der Waals surface area contributed by atoms with Crippen LogP contribution in [-0.2, 0) is 6.42 Å². The molecule has 0 saturated carbocycles. The first kappa shape index (κ1) is 19.2. The molecular weight excluding hydrogens is 338 g/mol. The molecule has 0 unspecified atom stereocenters. The van der Waals surface area contributed by atoms with Crippen LogP contribution in [0, 0.1) is 18.3 Å². The molecule has 27 heavy (non-hydrogen) atoms. The molecule has 1 fully saturated rings. The summed E-state index contributed by atoms with van der Waals surface area (Å²) < 4.78 is 5.49. The normalized spacial score (nSPS) is 14.8. The lowest BCUT2D eigenvalue weighted by Gasteiger charge is -2.37. The van der Waals surface area contributed by atoms with Crippen molar-refractivity contribution in [1.29, 1.82) is 5.26 Å². The van der Waals surface area contributed by atoms with E-state index in [9.17, 15) is 0 Å². The summed E-state index contributed by atoms with van der Waals surface area (Å²) in [7, 11) is 0. The lowest BCUT2D eigenvalue weighted by Crippen LogP contribution is -2.47. The molecule has 1 aliphatic heterocycles. The third-order valence-corrected chi connectivity index (χ3v) is 5.04. The predicted octanol–water partition coefficient (Wildman–Crippen LogP) is 2.60. The quantitative estimate of drug-likeness (QED) is 0.817. The summed E-state index contributed by atoms with van der Waals surface area (Å²) in [6.07, 6.45) is 1.02. The van der Waals surface area contributed by atoms with E-state index >= 15 is 0 Å².